The smallest absolute Gasteiger partial charge is 0.250 e. The van der Waals surface area contributed by atoms with Crippen molar-refractivity contribution in [3.05, 3.63) is 48.0 Å². The van der Waals surface area contributed by atoms with E-state index in [4.69, 9.17) is 9.47 Å². The number of aromatic nitrogens is 2. The summed E-state index contributed by atoms with van der Waals surface area (Å²) in [6.45, 7) is 4.79. The second-order valence-electron chi connectivity index (χ2n) is 6.76. The van der Waals surface area contributed by atoms with E-state index in [-0.39, 0.29) is 11.7 Å². The molecule has 1 heterocycles. The van der Waals surface area contributed by atoms with Crippen molar-refractivity contribution in [3.63, 3.8) is 0 Å². The third-order valence-corrected chi connectivity index (χ3v) is 4.74. The molecular formula is C21H24N4O3S. The van der Waals surface area contributed by atoms with Crippen LogP contribution in [0.4, 0.5) is 0 Å². The van der Waals surface area contributed by atoms with Gasteiger partial charge < -0.3 is 14.5 Å². The number of aromatic amines is 1. The average Bonchev–Trinajstić information content (AvgIpc) is 3.14. The van der Waals surface area contributed by atoms with E-state index in [9.17, 15) is 4.79 Å². The molecule has 7 nitrogen and oxygen atoms in total. The summed E-state index contributed by atoms with van der Waals surface area (Å²) in [6.07, 6.45) is 1.57. The number of fused-ring (bicyclic) bond motifs is 1. The van der Waals surface area contributed by atoms with Crippen LogP contribution in [-0.4, -0.2) is 41.6 Å². The Kier molecular flexibility index (Phi) is 7.13. The predicted molar refractivity (Wildman–Crippen MR) is 116 cm³/mol. The molecule has 2 aromatic carbocycles. The van der Waals surface area contributed by atoms with Crippen LogP contribution >= 0.6 is 11.8 Å². The van der Waals surface area contributed by atoms with Gasteiger partial charge in [-0.2, -0.15) is 5.10 Å². The number of rotatable bonds is 9. The lowest BCUT2D eigenvalue weighted by Crippen LogP contribution is -2.19. The van der Waals surface area contributed by atoms with Crippen molar-refractivity contribution in [2.75, 3.05) is 19.5 Å². The van der Waals surface area contributed by atoms with Gasteiger partial charge in [-0.15, -0.1) is 0 Å². The zero-order chi connectivity index (χ0) is 20.6. The number of hydrazone groups is 1. The summed E-state index contributed by atoms with van der Waals surface area (Å²) in [6, 6.07) is 13.2. The first-order chi connectivity index (χ1) is 14.0. The first kappa shape index (κ1) is 20.7. The number of nitrogens with one attached hydrogen (secondary N) is 2. The number of ether oxygens (including phenoxy) is 2. The molecule has 0 fully saturated rings. The minimum absolute atomic E-state index is 0.211. The molecule has 29 heavy (non-hydrogen) atoms. The number of methoxy groups -OCH3 is 1. The van der Waals surface area contributed by atoms with Crippen LogP contribution in [0.3, 0.4) is 0 Å². The van der Waals surface area contributed by atoms with Crippen LogP contribution in [-0.2, 0) is 4.79 Å². The highest BCUT2D eigenvalue weighted by atomic mass is 32.2. The normalized spacial score (nSPS) is 11.3. The fourth-order valence-electron chi connectivity index (χ4n) is 2.48. The van der Waals surface area contributed by atoms with Crippen LogP contribution in [0.15, 0.2) is 52.7 Å². The quantitative estimate of drug-likeness (QED) is 0.317. The fourth-order valence-corrected chi connectivity index (χ4v) is 3.16. The first-order valence-electron chi connectivity index (χ1n) is 9.25. The number of benzene rings is 2. The highest BCUT2D eigenvalue weighted by Gasteiger charge is 2.08. The minimum Gasteiger partial charge on any atom is -0.493 e. The number of carbonyl (C=O) groups excluding carboxylic acids is 1. The first-order valence-corrected chi connectivity index (χ1v) is 10.2. The molecule has 0 aliphatic heterocycles. The molecule has 1 amide bonds. The minimum atomic E-state index is -0.212. The number of carbonyl (C=O) groups is 1. The average molecular weight is 413 g/mol. The Labute approximate surface area is 173 Å². The van der Waals surface area contributed by atoms with Crippen LogP contribution < -0.4 is 14.9 Å². The van der Waals surface area contributed by atoms with Crippen molar-refractivity contribution in [2.45, 2.75) is 19.0 Å². The molecule has 0 spiro atoms. The van der Waals surface area contributed by atoms with E-state index in [1.165, 1.54) is 11.8 Å². The maximum atomic E-state index is 12.0. The van der Waals surface area contributed by atoms with E-state index in [2.05, 4.69) is 34.3 Å². The number of hydrogen-bond donors (Lipinski definition) is 2. The Balaban J connectivity index is 1.51. The lowest BCUT2D eigenvalue weighted by molar-refractivity contribution is -0.118. The summed E-state index contributed by atoms with van der Waals surface area (Å²) < 4.78 is 11.1. The fraction of sp³-hybridized carbons (Fsp3) is 0.286. The van der Waals surface area contributed by atoms with Crippen LogP contribution in [0, 0.1) is 5.92 Å². The Morgan fingerprint density at radius 3 is 2.86 bits per heavy atom. The number of amides is 1. The number of imidazole rings is 1. The Bertz CT molecular complexity index is 968. The van der Waals surface area contributed by atoms with E-state index in [1.54, 1.807) is 13.3 Å². The van der Waals surface area contributed by atoms with E-state index in [0.29, 0.717) is 29.2 Å². The maximum absolute atomic E-state index is 12.0. The molecule has 3 rings (SSSR count). The van der Waals surface area contributed by atoms with Gasteiger partial charge in [-0.25, -0.2) is 10.4 Å². The molecule has 0 saturated heterocycles. The van der Waals surface area contributed by atoms with Gasteiger partial charge in [0.05, 0.1) is 36.7 Å². The molecule has 0 radical (unpaired) electrons. The third-order valence-electron chi connectivity index (χ3n) is 3.87. The zero-order valence-corrected chi connectivity index (χ0v) is 17.5. The van der Waals surface area contributed by atoms with Gasteiger partial charge in [0.15, 0.2) is 16.7 Å². The van der Waals surface area contributed by atoms with Gasteiger partial charge in [-0.1, -0.05) is 37.7 Å². The summed E-state index contributed by atoms with van der Waals surface area (Å²) in [5.41, 5.74) is 5.14. The molecule has 1 aromatic heterocycles. The molecule has 0 bridgehead atoms. The van der Waals surface area contributed by atoms with Crippen molar-refractivity contribution in [2.24, 2.45) is 11.0 Å². The van der Waals surface area contributed by atoms with Gasteiger partial charge in [-0.3, -0.25) is 4.79 Å². The molecule has 2 N–H and O–H groups in total. The lowest BCUT2D eigenvalue weighted by atomic mass is 10.2. The molecule has 0 unspecified atom stereocenters. The summed E-state index contributed by atoms with van der Waals surface area (Å²) in [7, 11) is 1.59. The second kappa shape index (κ2) is 9.97. The molecule has 0 saturated carbocycles. The number of para-hydroxylation sites is 2. The van der Waals surface area contributed by atoms with Crippen molar-refractivity contribution in [3.8, 4) is 11.5 Å². The highest BCUT2D eigenvalue weighted by Crippen LogP contribution is 2.28. The van der Waals surface area contributed by atoms with E-state index in [1.807, 2.05) is 42.5 Å². The van der Waals surface area contributed by atoms with Crippen molar-refractivity contribution in [1.29, 1.82) is 0 Å². The molecule has 3 aromatic rings. The van der Waals surface area contributed by atoms with E-state index < -0.39 is 0 Å². The van der Waals surface area contributed by atoms with Crippen LogP contribution in [0.1, 0.15) is 19.4 Å². The SMILES string of the molecule is COc1cc(/C=N/NC(=O)CSc2nc3ccccc3[nH]2)ccc1OCC(C)C. The number of nitrogens with zero attached hydrogens (tertiary/aromatic N) is 2. The second-order valence-corrected chi connectivity index (χ2v) is 7.72. The zero-order valence-electron chi connectivity index (χ0n) is 16.6. The van der Waals surface area contributed by atoms with Crippen LogP contribution in [0.2, 0.25) is 0 Å². The number of H-pyrrole nitrogens is 1. The maximum Gasteiger partial charge on any atom is 0.250 e. The molecule has 0 aliphatic rings. The van der Waals surface area contributed by atoms with Crippen molar-refractivity contribution in [1.82, 2.24) is 15.4 Å². The van der Waals surface area contributed by atoms with Gasteiger partial charge in [0.2, 0.25) is 0 Å². The van der Waals surface area contributed by atoms with Gasteiger partial charge in [0, 0.05) is 0 Å². The van der Waals surface area contributed by atoms with Crippen LogP contribution in [0.5, 0.6) is 11.5 Å². The third kappa shape index (κ3) is 5.99. The van der Waals surface area contributed by atoms with E-state index >= 15 is 0 Å². The van der Waals surface area contributed by atoms with E-state index in [0.717, 1.165) is 16.6 Å². The largest absolute Gasteiger partial charge is 0.493 e. The number of hydrogen-bond acceptors (Lipinski definition) is 6. The summed E-state index contributed by atoms with van der Waals surface area (Å²) in [5, 5.41) is 4.71. The summed E-state index contributed by atoms with van der Waals surface area (Å²) in [5.74, 6) is 1.73. The summed E-state index contributed by atoms with van der Waals surface area (Å²) in [4.78, 5) is 19.6. The van der Waals surface area contributed by atoms with Crippen molar-refractivity contribution >= 4 is 34.9 Å². The highest BCUT2D eigenvalue weighted by molar-refractivity contribution is 7.99. The van der Waals surface area contributed by atoms with Gasteiger partial charge >= 0.3 is 0 Å². The number of thioether (sulfide) groups is 1. The predicted octanol–water partition coefficient (Wildman–Crippen LogP) is 3.85. The van der Waals surface area contributed by atoms with Gasteiger partial charge in [0.25, 0.3) is 5.91 Å². The molecular weight excluding hydrogens is 388 g/mol. The van der Waals surface area contributed by atoms with Gasteiger partial charge in [0.1, 0.15) is 0 Å². The Morgan fingerprint density at radius 2 is 2.10 bits per heavy atom. The lowest BCUT2D eigenvalue weighted by Gasteiger charge is -2.12. The molecule has 152 valence electrons. The summed E-state index contributed by atoms with van der Waals surface area (Å²) >= 11 is 1.33. The Hall–Kier alpha value is -3.00. The van der Waals surface area contributed by atoms with Crippen LogP contribution in [0.25, 0.3) is 11.0 Å². The van der Waals surface area contributed by atoms with Gasteiger partial charge in [-0.05, 0) is 41.8 Å². The molecule has 0 aliphatic carbocycles. The molecule has 0 atom stereocenters. The monoisotopic (exact) mass is 412 g/mol. The Morgan fingerprint density at radius 1 is 1.28 bits per heavy atom. The topological polar surface area (TPSA) is 88.6 Å². The van der Waals surface area contributed by atoms with Crippen molar-refractivity contribution < 1.29 is 14.3 Å². The molecule has 8 heteroatoms. The standard InChI is InChI=1S/C21H24N4O3S/c1-14(2)12-28-18-9-8-15(10-19(18)27-3)11-22-25-20(26)13-29-21-23-16-6-4-5-7-17(16)24-21/h4-11,14H,12-13H2,1-3H3,(H,23,24)(H,25,26)/b22-11+.